The fourth-order valence-electron chi connectivity index (χ4n) is 1.97. The summed E-state index contributed by atoms with van der Waals surface area (Å²) in [6.07, 6.45) is 4.07. The Morgan fingerprint density at radius 3 is 2.83 bits per heavy atom. The number of aromatic nitrogens is 1. The molecule has 0 saturated carbocycles. The van der Waals surface area contributed by atoms with Gasteiger partial charge in [-0.25, -0.2) is 0 Å². The van der Waals surface area contributed by atoms with E-state index in [-0.39, 0.29) is 5.91 Å². The van der Waals surface area contributed by atoms with Gasteiger partial charge in [-0.2, -0.15) is 0 Å². The van der Waals surface area contributed by atoms with Crippen molar-refractivity contribution < 1.29 is 14.1 Å². The average molecular weight is 329 g/mol. The quantitative estimate of drug-likeness (QED) is 0.598. The summed E-state index contributed by atoms with van der Waals surface area (Å²) in [5.74, 6) is 1.97. The standard InChI is InChI=1S/C18H23N3O3/c1-12(2)8-9-23-16-6-4-14(11-15(16)19)5-7-18(22)20-17-10-13(3)24-21-17/h4-7,10-12H,8-9,19H2,1-3H3,(H,20,21,22)/b7-5-. The van der Waals surface area contributed by atoms with Crippen molar-refractivity contribution in [3.63, 3.8) is 0 Å². The van der Waals surface area contributed by atoms with Gasteiger partial charge in [0.05, 0.1) is 12.3 Å². The molecule has 24 heavy (non-hydrogen) atoms. The van der Waals surface area contributed by atoms with Crippen LogP contribution < -0.4 is 15.8 Å². The first-order valence-electron chi connectivity index (χ1n) is 7.88. The maximum absolute atomic E-state index is 11.8. The van der Waals surface area contributed by atoms with Crippen LogP contribution in [-0.4, -0.2) is 17.7 Å². The summed E-state index contributed by atoms with van der Waals surface area (Å²) >= 11 is 0. The van der Waals surface area contributed by atoms with Crippen molar-refractivity contribution in [3.8, 4) is 5.75 Å². The number of nitrogens with two attached hydrogens (primary N) is 1. The van der Waals surface area contributed by atoms with E-state index in [0.29, 0.717) is 35.5 Å². The summed E-state index contributed by atoms with van der Waals surface area (Å²) in [5.41, 5.74) is 7.35. The van der Waals surface area contributed by atoms with Crippen LogP contribution in [0.4, 0.5) is 11.5 Å². The van der Waals surface area contributed by atoms with E-state index in [1.807, 2.05) is 12.1 Å². The molecule has 6 heteroatoms. The molecule has 0 atom stereocenters. The van der Waals surface area contributed by atoms with Crippen LogP contribution in [-0.2, 0) is 4.79 Å². The first kappa shape index (κ1) is 17.6. The Bertz CT molecular complexity index is 720. The average Bonchev–Trinajstić information content (AvgIpc) is 2.92. The highest BCUT2D eigenvalue weighted by Gasteiger charge is 2.04. The predicted octanol–water partition coefficient (Wildman–Crippen LogP) is 3.64. The van der Waals surface area contributed by atoms with Crippen LogP contribution in [0, 0.1) is 12.8 Å². The van der Waals surface area contributed by atoms with Crippen molar-refractivity contribution in [2.45, 2.75) is 27.2 Å². The minimum atomic E-state index is -0.292. The molecule has 0 spiro atoms. The molecule has 2 aromatic rings. The van der Waals surface area contributed by atoms with E-state index >= 15 is 0 Å². The van der Waals surface area contributed by atoms with Crippen molar-refractivity contribution in [2.24, 2.45) is 5.92 Å². The molecule has 128 valence electrons. The molecule has 1 amide bonds. The Hall–Kier alpha value is -2.76. The SMILES string of the molecule is Cc1cc(NC(=O)/C=C\c2ccc(OCCC(C)C)c(N)c2)no1. The van der Waals surface area contributed by atoms with Gasteiger partial charge in [-0.15, -0.1) is 0 Å². The lowest BCUT2D eigenvalue weighted by atomic mass is 10.1. The Labute approximate surface area is 141 Å². The van der Waals surface area contributed by atoms with Gasteiger partial charge in [0, 0.05) is 12.1 Å². The molecule has 0 bridgehead atoms. The predicted molar refractivity (Wildman–Crippen MR) is 94.7 cm³/mol. The minimum absolute atomic E-state index is 0.292. The molecule has 0 aliphatic heterocycles. The molecule has 2 rings (SSSR count). The maximum atomic E-state index is 11.8. The molecule has 0 unspecified atom stereocenters. The summed E-state index contributed by atoms with van der Waals surface area (Å²) in [6, 6.07) is 7.08. The van der Waals surface area contributed by atoms with Crippen LogP contribution in [0.2, 0.25) is 0 Å². The zero-order valence-corrected chi connectivity index (χ0v) is 14.2. The van der Waals surface area contributed by atoms with Crippen LogP contribution in [0.1, 0.15) is 31.6 Å². The van der Waals surface area contributed by atoms with Gasteiger partial charge in [-0.1, -0.05) is 25.1 Å². The van der Waals surface area contributed by atoms with Crippen LogP contribution >= 0.6 is 0 Å². The van der Waals surface area contributed by atoms with E-state index in [0.717, 1.165) is 12.0 Å². The number of carbonyl (C=O) groups excluding carboxylic acids is 1. The number of rotatable bonds is 7. The molecule has 6 nitrogen and oxygen atoms in total. The smallest absolute Gasteiger partial charge is 0.249 e. The van der Waals surface area contributed by atoms with E-state index in [1.54, 1.807) is 25.1 Å². The number of nitrogens with zero attached hydrogens (tertiary/aromatic N) is 1. The topological polar surface area (TPSA) is 90.4 Å². The molecule has 0 aliphatic carbocycles. The van der Waals surface area contributed by atoms with Gasteiger partial charge in [0.15, 0.2) is 5.82 Å². The van der Waals surface area contributed by atoms with Crippen molar-refractivity contribution in [1.29, 1.82) is 0 Å². The lowest BCUT2D eigenvalue weighted by molar-refractivity contribution is -0.111. The van der Waals surface area contributed by atoms with Gasteiger partial charge in [-0.05, 0) is 43.0 Å². The lowest BCUT2D eigenvalue weighted by Gasteiger charge is -2.10. The molecule has 1 heterocycles. The molecule has 0 aliphatic rings. The van der Waals surface area contributed by atoms with Gasteiger partial charge in [-0.3, -0.25) is 4.79 Å². The normalized spacial score (nSPS) is 11.2. The Morgan fingerprint density at radius 2 is 2.21 bits per heavy atom. The molecular weight excluding hydrogens is 306 g/mol. The number of ether oxygens (including phenoxy) is 1. The van der Waals surface area contributed by atoms with Crippen LogP contribution in [0.15, 0.2) is 34.9 Å². The van der Waals surface area contributed by atoms with Gasteiger partial charge >= 0.3 is 0 Å². The summed E-state index contributed by atoms with van der Waals surface area (Å²) < 4.78 is 10.5. The van der Waals surface area contributed by atoms with Gasteiger partial charge in [0.25, 0.3) is 0 Å². The second-order valence-electron chi connectivity index (χ2n) is 5.97. The fraction of sp³-hybridized carbons (Fsp3) is 0.333. The van der Waals surface area contributed by atoms with Crippen LogP contribution in [0.5, 0.6) is 5.75 Å². The first-order chi connectivity index (χ1) is 11.4. The summed E-state index contributed by atoms with van der Waals surface area (Å²) in [7, 11) is 0. The third kappa shape index (κ3) is 5.46. The molecule has 3 N–H and O–H groups in total. The van der Waals surface area contributed by atoms with Crippen LogP contribution in [0.3, 0.4) is 0 Å². The van der Waals surface area contributed by atoms with E-state index < -0.39 is 0 Å². The third-order valence-corrected chi connectivity index (χ3v) is 3.29. The number of anilines is 2. The zero-order chi connectivity index (χ0) is 17.5. The van der Waals surface area contributed by atoms with Gasteiger partial charge in [0.2, 0.25) is 5.91 Å². The van der Waals surface area contributed by atoms with E-state index in [4.69, 9.17) is 15.0 Å². The van der Waals surface area contributed by atoms with Gasteiger partial charge < -0.3 is 20.3 Å². The zero-order valence-electron chi connectivity index (χ0n) is 14.2. The highest BCUT2D eigenvalue weighted by molar-refractivity contribution is 6.01. The van der Waals surface area contributed by atoms with Crippen molar-refractivity contribution >= 4 is 23.5 Å². The van der Waals surface area contributed by atoms with E-state index in [1.165, 1.54) is 6.08 Å². The van der Waals surface area contributed by atoms with Crippen LogP contribution in [0.25, 0.3) is 6.08 Å². The van der Waals surface area contributed by atoms with Gasteiger partial charge in [0.1, 0.15) is 11.5 Å². The first-order valence-corrected chi connectivity index (χ1v) is 7.88. The number of carbonyl (C=O) groups is 1. The summed E-state index contributed by atoms with van der Waals surface area (Å²) in [6.45, 7) is 6.68. The number of benzene rings is 1. The number of aryl methyl sites for hydroxylation is 1. The Balaban J connectivity index is 1.92. The Kier molecular flexibility index (Phi) is 6.01. The fourth-order valence-corrected chi connectivity index (χ4v) is 1.97. The molecule has 0 fully saturated rings. The molecule has 1 aromatic heterocycles. The highest BCUT2D eigenvalue weighted by atomic mass is 16.5. The van der Waals surface area contributed by atoms with E-state index in [9.17, 15) is 4.79 Å². The van der Waals surface area contributed by atoms with Crippen molar-refractivity contribution in [2.75, 3.05) is 17.7 Å². The second kappa shape index (κ2) is 8.19. The number of hydrogen-bond donors (Lipinski definition) is 2. The maximum Gasteiger partial charge on any atom is 0.249 e. The monoisotopic (exact) mass is 329 g/mol. The Morgan fingerprint density at radius 1 is 1.42 bits per heavy atom. The number of amides is 1. The molecule has 1 aromatic carbocycles. The number of nitrogens with one attached hydrogen (secondary N) is 1. The van der Waals surface area contributed by atoms with E-state index in [2.05, 4.69) is 24.3 Å². The third-order valence-electron chi connectivity index (χ3n) is 3.29. The molecular formula is C18H23N3O3. The number of nitrogen functional groups attached to an aromatic ring is 1. The minimum Gasteiger partial charge on any atom is -0.491 e. The van der Waals surface area contributed by atoms with Crippen molar-refractivity contribution in [3.05, 3.63) is 41.7 Å². The highest BCUT2D eigenvalue weighted by Crippen LogP contribution is 2.23. The summed E-state index contributed by atoms with van der Waals surface area (Å²) in [4.78, 5) is 11.8. The second-order valence-corrected chi connectivity index (χ2v) is 5.97. The largest absolute Gasteiger partial charge is 0.491 e. The summed E-state index contributed by atoms with van der Waals surface area (Å²) in [5, 5.41) is 6.31. The lowest BCUT2D eigenvalue weighted by Crippen LogP contribution is -2.07. The molecule has 0 saturated heterocycles. The number of hydrogen-bond acceptors (Lipinski definition) is 5. The molecule has 0 radical (unpaired) electrons. The van der Waals surface area contributed by atoms with Crippen molar-refractivity contribution in [1.82, 2.24) is 5.16 Å².